The lowest BCUT2D eigenvalue weighted by molar-refractivity contribution is 0.112. The van der Waals surface area contributed by atoms with E-state index < -0.39 is 0 Å². The van der Waals surface area contributed by atoms with E-state index in [4.69, 9.17) is 4.74 Å². The Morgan fingerprint density at radius 1 is 1.30 bits per heavy atom. The third-order valence-electron chi connectivity index (χ3n) is 3.97. The first kappa shape index (κ1) is 12.9. The highest BCUT2D eigenvalue weighted by atomic mass is 16.5. The number of benzene rings is 1. The minimum absolute atomic E-state index is 0.422. The normalized spacial score (nSPS) is 15.4. The molecule has 20 heavy (non-hydrogen) atoms. The molecule has 1 aromatic carbocycles. The fourth-order valence-corrected chi connectivity index (χ4v) is 2.95. The first-order valence-corrected chi connectivity index (χ1v) is 7.01. The number of nitrogens with zero attached hydrogens (tertiary/aromatic N) is 2. The Bertz CT molecular complexity index is 613. The maximum absolute atomic E-state index is 11.3. The molecule has 0 radical (unpaired) electrons. The first-order chi connectivity index (χ1) is 9.83. The lowest BCUT2D eigenvalue weighted by Gasteiger charge is -2.08. The fraction of sp³-hybridized carbons (Fsp3) is 0.375. The van der Waals surface area contributed by atoms with E-state index in [1.165, 1.54) is 12.8 Å². The first-order valence-electron chi connectivity index (χ1n) is 7.01. The summed E-state index contributed by atoms with van der Waals surface area (Å²) in [6.45, 7) is 0. The molecule has 0 spiro atoms. The summed E-state index contributed by atoms with van der Waals surface area (Å²) >= 11 is 0. The molecular formula is C16H18N2O2. The van der Waals surface area contributed by atoms with Crippen LogP contribution >= 0.6 is 0 Å². The monoisotopic (exact) mass is 270 g/mol. The Kier molecular flexibility index (Phi) is 3.54. The maximum Gasteiger partial charge on any atom is 0.153 e. The zero-order chi connectivity index (χ0) is 13.9. The van der Waals surface area contributed by atoms with Crippen molar-refractivity contribution in [2.75, 3.05) is 7.11 Å². The molecule has 0 amide bonds. The maximum atomic E-state index is 11.3. The van der Waals surface area contributed by atoms with Crippen molar-refractivity contribution < 1.29 is 9.53 Å². The zero-order valence-corrected chi connectivity index (χ0v) is 11.6. The average Bonchev–Trinajstić information content (AvgIpc) is 3.15. The van der Waals surface area contributed by atoms with Gasteiger partial charge in [-0.25, -0.2) is 4.68 Å². The molecule has 0 atom stereocenters. The number of ether oxygens (including phenoxy) is 1. The van der Waals surface area contributed by atoms with Crippen LogP contribution in [0.5, 0.6) is 5.75 Å². The molecule has 0 unspecified atom stereocenters. The van der Waals surface area contributed by atoms with Crippen LogP contribution in [0, 0.1) is 0 Å². The van der Waals surface area contributed by atoms with Gasteiger partial charge in [0.05, 0.1) is 18.4 Å². The second-order valence-corrected chi connectivity index (χ2v) is 5.19. The van der Waals surface area contributed by atoms with Gasteiger partial charge in [-0.05, 0) is 25.0 Å². The van der Waals surface area contributed by atoms with E-state index in [0.29, 0.717) is 11.5 Å². The summed E-state index contributed by atoms with van der Waals surface area (Å²) in [5.41, 5.74) is 2.49. The quantitative estimate of drug-likeness (QED) is 0.800. The van der Waals surface area contributed by atoms with Crippen molar-refractivity contribution in [3.05, 3.63) is 41.7 Å². The lowest BCUT2D eigenvalue weighted by Crippen LogP contribution is -2.01. The van der Waals surface area contributed by atoms with Gasteiger partial charge in [0.25, 0.3) is 0 Å². The highest BCUT2D eigenvalue weighted by molar-refractivity contribution is 5.76. The summed E-state index contributed by atoms with van der Waals surface area (Å²) < 4.78 is 7.12. The van der Waals surface area contributed by atoms with Crippen molar-refractivity contribution in [2.45, 2.75) is 31.6 Å². The van der Waals surface area contributed by atoms with Gasteiger partial charge < -0.3 is 4.74 Å². The molecule has 0 N–H and O–H groups in total. The van der Waals surface area contributed by atoms with Crippen LogP contribution in [0.2, 0.25) is 0 Å². The van der Waals surface area contributed by atoms with Crippen LogP contribution in [0.1, 0.15) is 47.7 Å². The molecule has 104 valence electrons. The molecule has 3 rings (SSSR count). The largest absolute Gasteiger partial charge is 0.494 e. The molecule has 2 aromatic rings. The Hall–Kier alpha value is -2.10. The molecule has 1 aliphatic rings. The Morgan fingerprint density at radius 3 is 2.75 bits per heavy atom. The van der Waals surface area contributed by atoms with Crippen molar-refractivity contribution in [1.29, 1.82) is 0 Å². The van der Waals surface area contributed by atoms with Gasteiger partial charge in [0.2, 0.25) is 0 Å². The number of aldehydes is 1. The summed E-state index contributed by atoms with van der Waals surface area (Å²) in [6, 6.07) is 7.70. The van der Waals surface area contributed by atoms with Crippen LogP contribution in [0.4, 0.5) is 0 Å². The second-order valence-electron chi connectivity index (χ2n) is 5.19. The van der Waals surface area contributed by atoms with E-state index >= 15 is 0 Å². The predicted octanol–water partition coefficient (Wildman–Crippen LogP) is 3.35. The predicted molar refractivity (Wildman–Crippen MR) is 76.7 cm³/mol. The van der Waals surface area contributed by atoms with Gasteiger partial charge in [-0.1, -0.05) is 25.0 Å². The van der Waals surface area contributed by atoms with E-state index in [-0.39, 0.29) is 0 Å². The molecular weight excluding hydrogens is 252 g/mol. The summed E-state index contributed by atoms with van der Waals surface area (Å²) in [6.07, 6.45) is 7.42. The van der Waals surface area contributed by atoms with E-state index in [9.17, 15) is 4.79 Å². The number of aromatic nitrogens is 2. The van der Waals surface area contributed by atoms with Crippen LogP contribution < -0.4 is 4.74 Å². The van der Waals surface area contributed by atoms with Crippen LogP contribution in [0.25, 0.3) is 5.69 Å². The van der Waals surface area contributed by atoms with Gasteiger partial charge in [0.1, 0.15) is 11.4 Å². The van der Waals surface area contributed by atoms with Gasteiger partial charge >= 0.3 is 0 Å². The number of para-hydroxylation sites is 2. The number of rotatable bonds is 4. The van der Waals surface area contributed by atoms with E-state index in [2.05, 4.69) is 5.10 Å². The van der Waals surface area contributed by atoms with Crippen molar-refractivity contribution in [3.63, 3.8) is 0 Å². The Morgan fingerprint density at radius 2 is 2.05 bits per heavy atom. The molecule has 4 heteroatoms. The van der Waals surface area contributed by atoms with E-state index in [1.54, 1.807) is 18.0 Å². The highest BCUT2D eigenvalue weighted by Gasteiger charge is 2.23. The average molecular weight is 270 g/mol. The van der Waals surface area contributed by atoms with Crippen LogP contribution in [0.3, 0.4) is 0 Å². The number of carbonyl (C=O) groups excluding carboxylic acids is 1. The van der Waals surface area contributed by atoms with Crippen molar-refractivity contribution in [1.82, 2.24) is 9.78 Å². The molecule has 1 aliphatic carbocycles. The Balaban J connectivity index is 2.04. The summed E-state index contributed by atoms with van der Waals surface area (Å²) in [5, 5.41) is 4.65. The molecule has 0 saturated heterocycles. The van der Waals surface area contributed by atoms with Gasteiger partial charge in [0, 0.05) is 12.1 Å². The zero-order valence-electron chi connectivity index (χ0n) is 11.6. The Labute approximate surface area is 118 Å². The molecule has 1 heterocycles. The smallest absolute Gasteiger partial charge is 0.153 e. The topological polar surface area (TPSA) is 44.1 Å². The standard InChI is InChI=1S/C16H18N2O2/c1-20-15-9-5-4-8-14(15)18-10-13(11-19)16(17-18)12-6-2-3-7-12/h4-5,8-12H,2-3,6-7H2,1H3. The number of hydrogen-bond acceptors (Lipinski definition) is 3. The molecule has 1 fully saturated rings. The third kappa shape index (κ3) is 2.22. The molecule has 4 nitrogen and oxygen atoms in total. The fourth-order valence-electron chi connectivity index (χ4n) is 2.95. The van der Waals surface area contributed by atoms with Gasteiger partial charge in [-0.2, -0.15) is 5.10 Å². The van der Waals surface area contributed by atoms with E-state index in [0.717, 1.165) is 36.3 Å². The SMILES string of the molecule is COc1ccccc1-n1cc(C=O)c(C2CCCC2)n1. The van der Waals surface area contributed by atoms with E-state index in [1.807, 2.05) is 24.3 Å². The molecule has 1 aromatic heterocycles. The highest BCUT2D eigenvalue weighted by Crippen LogP contribution is 2.35. The van der Waals surface area contributed by atoms with Crippen molar-refractivity contribution >= 4 is 6.29 Å². The number of methoxy groups -OCH3 is 1. The molecule has 0 aliphatic heterocycles. The van der Waals surface area contributed by atoms with Crippen LogP contribution in [-0.4, -0.2) is 23.2 Å². The van der Waals surface area contributed by atoms with Crippen LogP contribution in [0.15, 0.2) is 30.5 Å². The molecule has 0 bridgehead atoms. The van der Waals surface area contributed by atoms with Crippen molar-refractivity contribution in [3.8, 4) is 11.4 Å². The molecule has 1 saturated carbocycles. The van der Waals surface area contributed by atoms with Gasteiger partial charge in [0.15, 0.2) is 6.29 Å². The lowest BCUT2D eigenvalue weighted by atomic mass is 10.0. The third-order valence-corrected chi connectivity index (χ3v) is 3.97. The van der Waals surface area contributed by atoms with Crippen LogP contribution in [-0.2, 0) is 0 Å². The number of carbonyl (C=O) groups is 1. The minimum Gasteiger partial charge on any atom is -0.494 e. The summed E-state index contributed by atoms with van der Waals surface area (Å²) in [7, 11) is 1.64. The van der Waals surface area contributed by atoms with Crippen molar-refractivity contribution in [2.24, 2.45) is 0 Å². The second kappa shape index (κ2) is 5.49. The summed E-state index contributed by atoms with van der Waals surface area (Å²) in [5.74, 6) is 1.18. The summed E-state index contributed by atoms with van der Waals surface area (Å²) in [4.78, 5) is 11.3. The van der Waals surface area contributed by atoms with Gasteiger partial charge in [-0.3, -0.25) is 4.79 Å². The minimum atomic E-state index is 0.422. The van der Waals surface area contributed by atoms with Gasteiger partial charge in [-0.15, -0.1) is 0 Å². The number of hydrogen-bond donors (Lipinski definition) is 0.